The Bertz CT molecular complexity index is 595. The van der Waals surface area contributed by atoms with Crippen molar-refractivity contribution in [3.63, 3.8) is 0 Å². The van der Waals surface area contributed by atoms with Crippen LogP contribution in [0, 0.1) is 6.92 Å². The third-order valence-electron chi connectivity index (χ3n) is 3.45. The van der Waals surface area contributed by atoms with Gasteiger partial charge in [-0.1, -0.05) is 24.3 Å². The standard InChI is InChI=1S/C16H17NO2/c1-11-5-2-9-14(17-11)15(18)13-8-3-6-12-7-4-10-19-16(12)13/h2-3,5-6,8-9,15,18H,4,7,10H2,1H3. The van der Waals surface area contributed by atoms with Crippen molar-refractivity contribution in [2.24, 2.45) is 0 Å². The second-order valence-corrected chi connectivity index (χ2v) is 4.89. The van der Waals surface area contributed by atoms with Crippen LogP contribution in [-0.4, -0.2) is 16.7 Å². The first-order valence-corrected chi connectivity index (χ1v) is 6.62. The predicted molar refractivity (Wildman–Crippen MR) is 73.3 cm³/mol. The maximum absolute atomic E-state index is 10.5. The normalized spacial score (nSPS) is 15.5. The highest BCUT2D eigenvalue weighted by atomic mass is 16.5. The Morgan fingerprint density at radius 2 is 2.05 bits per heavy atom. The van der Waals surface area contributed by atoms with E-state index in [-0.39, 0.29) is 0 Å². The van der Waals surface area contributed by atoms with E-state index in [0.29, 0.717) is 5.69 Å². The van der Waals surface area contributed by atoms with E-state index in [1.165, 1.54) is 5.56 Å². The van der Waals surface area contributed by atoms with Crippen LogP contribution in [0.25, 0.3) is 0 Å². The van der Waals surface area contributed by atoms with E-state index in [0.717, 1.165) is 36.5 Å². The minimum absolute atomic E-state index is 0.669. The fraction of sp³-hybridized carbons (Fsp3) is 0.312. The number of aliphatic hydroxyl groups excluding tert-OH is 1. The Kier molecular flexibility index (Phi) is 3.22. The van der Waals surface area contributed by atoms with Gasteiger partial charge >= 0.3 is 0 Å². The van der Waals surface area contributed by atoms with Gasteiger partial charge < -0.3 is 9.84 Å². The molecule has 3 rings (SSSR count). The lowest BCUT2D eigenvalue weighted by atomic mass is 9.97. The van der Waals surface area contributed by atoms with Crippen LogP contribution >= 0.6 is 0 Å². The summed E-state index contributed by atoms with van der Waals surface area (Å²) in [6.45, 7) is 2.64. The smallest absolute Gasteiger partial charge is 0.128 e. The highest BCUT2D eigenvalue weighted by Gasteiger charge is 2.21. The number of benzene rings is 1. The number of rotatable bonds is 2. The molecule has 0 saturated carbocycles. The summed E-state index contributed by atoms with van der Waals surface area (Å²) in [6.07, 6.45) is 1.32. The minimum atomic E-state index is -0.729. The first-order chi connectivity index (χ1) is 9.25. The largest absolute Gasteiger partial charge is 0.493 e. The molecule has 0 aliphatic carbocycles. The van der Waals surface area contributed by atoms with Crippen LogP contribution in [0.2, 0.25) is 0 Å². The number of nitrogens with zero attached hydrogens (tertiary/aromatic N) is 1. The molecule has 1 atom stereocenters. The van der Waals surface area contributed by atoms with Crippen molar-refractivity contribution < 1.29 is 9.84 Å². The quantitative estimate of drug-likeness (QED) is 0.897. The van der Waals surface area contributed by atoms with Crippen molar-refractivity contribution in [3.05, 3.63) is 58.9 Å². The average molecular weight is 255 g/mol. The second kappa shape index (κ2) is 5.02. The Morgan fingerprint density at radius 1 is 1.21 bits per heavy atom. The first kappa shape index (κ1) is 12.2. The van der Waals surface area contributed by atoms with Crippen molar-refractivity contribution in [1.82, 2.24) is 4.98 Å². The molecule has 1 aliphatic rings. The van der Waals surface area contributed by atoms with E-state index in [1.807, 2.05) is 37.3 Å². The highest BCUT2D eigenvalue weighted by Crippen LogP contribution is 2.35. The molecule has 2 heterocycles. The van der Waals surface area contributed by atoms with Crippen molar-refractivity contribution in [2.75, 3.05) is 6.61 Å². The third kappa shape index (κ3) is 2.34. The van der Waals surface area contributed by atoms with Crippen molar-refractivity contribution >= 4 is 0 Å². The van der Waals surface area contributed by atoms with Gasteiger partial charge in [-0.05, 0) is 37.5 Å². The van der Waals surface area contributed by atoms with Crippen molar-refractivity contribution in [2.45, 2.75) is 25.9 Å². The van der Waals surface area contributed by atoms with E-state index in [4.69, 9.17) is 4.74 Å². The molecule has 0 bridgehead atoms. The first-order valence-electron chi connectivity index (χ1n) is 6.62. The zero-order valence-electron chi connectivity index (χ0n) is 11.0. The molecule has 3 heteroatoms. The predicted octanol–water partition coefficient (Wildman–Crippen LogP) is 2.80. The summed E-state index contributed by atoms with van der Waals surface area (Å²) in [4.78, 5) is 4.39. The van der Waals surface area contributed by atoms with Crippen LogP contribution in [0.1, 0.15) is 35.0 Å². The zero-order chi connectivity index (χ0) is 13.2. The molecule has 0 radical (unpaired) electrons. The van der Waals surface area contributed by atoms with Crippen LogP contribution in [0.5, 0.6) is 5.75 Å². The van der Waals surface area contributed by atoms with Gasteiger partial charge in [0.05, 0.1) is 12.3 Å². The van der Waals surface area contributed by atoms with E-state index in [9.17, 15) is 5.11 Å². The van der Waals surface area contributed by atoms with Gasteiger partial charge in [0.2, 0.25) is 0 Å². The summed E-state index contributed by atoms with van der Waals surface area (Å²) in [5, 5.41) is 10.5. The monoisotopic (exact) mass is 255 g/mol. The van der Waals surface area contributed by atoms with Gasteiger partial charge in [0.1, 0.15) is 11.9 Å². The maximum Gasteiger partial charge on any atom is 0.128 e. The summed E-state index contributed by atoms with van der Waals surface area (Å²) in [6, 6.07) is 11.6. The fourth-order valence-corrected chi connectivity index (χ4v) is 2.51. The summed E-state index contributed by atoms with van der Waals surface area (Å²) in [5.74, 6) is 0.838. The van der Waals surface area contributed by atoms with Crippen LogP contribution in [0.15, 0.2) is 36.4 Å². The molecule has 0 fully saturated rings. The molecule has 3 nitrogen and oxygen atoms in total. The number of hydrogen-bond acceptors (Lipinski definition) is 3. The molecule has 1 aliphatic heterocycles. The molecule has 0 saturated heterocycles. The molecule has 1 unspecified atom stereocenters. The maximum atomic E-state index is 10.5. The summed E-state index contributed by atoms with van der Waals surface area (Å²) < 4.78 is 5.74. The van der Waals surface area contributed by atoms with Gasteiger partial charge in [-0.3, -0.25) is 4.98 Å². The third-order valence-corrected chi connectivity index (χ3v) is 3.45. The van der Waals surface area contributed by atoms with Gasteiger partial charge in [0, 0.05) is 11.3 Å². The van der Waals surface area contributed by atoms with Crippen LogP contribution < -0.4 is 4.74 Å². The highest BCUT2D eigenvalue weighted by molar-refractivity contribution is 5.46. The molecule has 2 aromatic rings. The van der Waals surface area contributed by atoms with Crippen LogP contribution in [-0.2, 0) is 6.42 Å². The molecule has 0 amide bonds. The van der Waals surface area contributed by atoms with E-state index >= 15 is 0 Å². The van der Waals surface area contributed by atoms with Gasteiger partial charge in [-0.15, -0.1) is 0 Å². The van der Waals surface area contributed by atoms with Gasteiger partial charge in [0.15, 0.2) is 0 Å². The number of aromatic nitrogens is 1. The summed E-state index contributed by atoms with van der Waals surface area (Å²) >= 11 is 0. The molecule has 1 N–H and O–H groups in total. The Balaban J connectivity index is 2.02. The van der Waals surface area contributed by atoms with Gasteiger partial charge in [-0.25, -0.2) is 0 Å². The number of ether oxygens (including phenoxy) is 1. The topological polar surface area (TPSA) is 42.4 Å². The lowest BCUT2D eigenvalue weighted by molar-refractivity contribution is 0.202. The molecular formula is C16H17NO2. The van der Waals surface area contributed by atoms with Crippen molar-refractivity contribution in [3.8, 4) is 5.75 Å². The lowest BCUT2D eigenvalue weighted by Gasteiger charge is -2.22. The average Bonchev–Trinajstić information content (AvgIpc) is 2.46. The minimum Gasteiger partial charge on any atom is -0.493 e. The SMILES string of the molecule is Cc1cccc(C(O)c2cccc3c2OCCC3)n1. The van der Waals surface area contributed by atoms with E-state index in [1.54, 1.807) is 0 Å². The second-order valence-electron chi connectivity index (χ2n) is 4.89. The number of aryl methyl sites for hydroxylation is 2. The lowest BCUT2D eigenvalue weighted by Crippen LogP contribution is -2.13. The molecular weight excluding hydrogens is 238 g/mol. The molecule has 1 aromatic carbocycles. The molecule has 0 spiro atoms. The Morgan fingerprint density at radius 3 is 2.89 bits per heavy atom. The summed E-state index contributed by atoms with van der Waals surface area (Å²) in [5.41, 5.74) is 3.57. The number of pyridine rings is 1. The zero-order valence-corrected chi connectivity index (χ0v) is 11.0. The fourth-order valence-electron chi connectivity index (χ4n) is 2.51. The molecule has 1 aromatic heterocycles. The summed E-state index contributed by atoms with van der Waals surface area (Å²) in [7, 11) is 0. The van der Waals surface area contributed by atoms with Crippen LogP contribution in [0.4, 0.5) is 0 Å². The van der Waals surface area contributed by atoms with Crippen LogP contribution in [0.3, 0.4) is 0 Å². The number of para-hydroxylation sites is 1. The number of fused-ring (bicyclic) bond motifs is 1. The molecule has 19 heavy (non-hydrogen) atoms. The Labute approximate surface area is 112 Å². The molecule has 98 valence electrons. The Hall–Kier alpha value is -1.87. The van der Waals surface area contributed by atoms with Gasteiger partial charge in [-0.2, -0.15) is 0 Å². The van der Waals surface area contributed by atoms with Gasteiger partial charge in [0.25, 0.3) is 0 Å². The van der Waals surface area contributed by atoms with E-state index < -0.39 is 6.10 Å². The van der Waals surface area contributed by atoms with Crippen molar-refractivity contribution in [1.29, 1.82) is 0 Å². The number of aliphatic hydroxyl groups is 1. The van der Waals surface area contributed by atoms with E-state index in [2.05, 4.69) is 11.1 Å². The number of hydrogen-bond donors (Lipinski definition) is 1.